The maximum atomic E-state index is 12.8. The van der Waals surface area contributed by atoms with Crippen molar-refractivity contribution in [3.8, 4) is 11.1 Å². The van der Waals surface area contributed by atoms with Crippen molar-refractivity contribution >= 4 is 19.7 Å². The number of alkyl halides is 3. The van der Waals surface area contributed by atoms with E-state index in [4.69, 9.17) is 10.7 Å². The molecule has 20 heavy (non-hydrogen) atoms. The Labute approximate surface area is 118 Å². The lowest BCUT2D eigenvalue weighted by molar-refractivity contribution is -0.139. The molecule has 0 atom stereocenters. The summed E-state index contributed by atoms with van der Waals surface area (Å²) in [6.45, 7) is 0. The Morgan fingerprint density at radius 3 is 2.00 bits per heavy atom. The highest BCUT2D eigenvalue weighted by atomic mass is 35.7. The van der Waals surface area contributed by atoms with E-state index in [9.17, 15) is 21.6 Å². The molecule has 0 radical (unpaired) electrons. The van der Waals surface area contributed by atoms with Crippen LogP contribution in [0.1, 0.15) is 5.56 Å². The number of hydrogen-bond donors (Lipinski definition) is 0. The van der Waals surface area contributed by atoms with Crippen LogP contribution in [0.2, 0.25) is 0 Å². The van der Waals surface area contributed by atoms with Gasteiger partial charge in [-0.1, -0.05) is 36.4 Å². The molecule has 0 aromatic heterocycles. The van der Waals surface area contributed by atoms with Crippen LogP contribution >= 0.6 is 10.7 Å². The van der Waals surface area contributed by atoms with Gasteiger partial charge in [0.15, 0.2) is 0 Å². The van der Waals surface area contributed by atoms with Gasteiger partial charge < -0.3 is 0 Å². The Kier molecular flexibility index (Phi) is 3.80. The van der Waals surface area contributed by atoms with E-state index in [2.05, 4.69) is 0 Å². The molecule has 7 heteroatoms. The van der Waals surface area contributed by atoms with Gasteiger partial charge in [0, 0.05) is 10.7 Å². The van der Waals surface area contributed by atoms with Crippen molar-refractivity contribution in [1.29, 1.82) is 0 Å². The largest absolute Gasteiger partial charge is 0.417 e. The van der Waals surface area contributed by atoms with Gasteiger partial charge in [0.2, 0.25) is 0 Å². The Morgan fingerprint density at radius 2 is 1.50 bits per heavy atom. The average Bonchev–Trinajstić information content (AvgIpc) is 2.37. The summed E-state index contributed by atoms with van der Waals surface area (Å²) in [5.41, 5.74) is -0.326. The first-order valence-corrected chi connectivity index (χ1v) is 7.72. The molecule has 2 nitrogen and oxygen atoms in total. The maximum Gasteiger partial charge on any atom is 0.417 e. The minimum absolute atomic E-state index is 0.345. The quantitative estimate of drug-likeness (QED) is 0.773. The summed E-state index contributed by atoms with van der Waals surface area (Å²) >= 11 is 0. The molecular formula is C13H8ClF3O2S. The van der Waals surface area contributed by atoms with Crippen LogP contribution in [0.5, 0.6) is 0 Å². The van der Waals surface area contributed by atoms with Gasteiger partial charge in [0.1, 0.15) is 0 Å². The number of halogens is 4. The standard InChI is InChI=1S/C13H8ClF3O2S/c14-20(18,19)12-8-10(9-4-2-1-3-5-9)6-7-11(12)13(15,16)17/h1-8H. The molecule has 0 fully saturated rings. The highest BCUT2D eigenvalue weighted by Gasteiger charge is 2.36. The van der Waals surface area contributed by atoms with Crippen molar-refractivity contribution in [1.82, 2.24) is 0 Å². The molecule has 0 saturated heterocycles. The second kappa shape index (κ2) is 5.10. The second-order valence-electron chi connectivity index (χ2n) is 4.01. The summed E-state index contributed by atoms with van der Waals surface area (Å²) in [6.07, 6.45) is -4.79. The zero-order chi connectivity index (χ0) is 15.0. The van der Waals surface area contributed by atoms with E-state index in [1.54, 1.807) is 30.3 Å². The van der Waals surface area contributed by atoms with E-state index < -0.39 is 25.7 Å². The molecule has 0 bridgehead atoms. The summed E-state index contributed by atoms with van der Waals surface area (Å²) in [5.74, 6) is 0. The van der Waals surface area contributed by atoms with Crippen LogP contribution in [0.15, 0.2) is 53.4 Å². The average molecular weight is 321 g/mol. The first-order chi connectivity index (χ1) is 9.19. The van der Waals surface area contributed by atoms with E-state index in [0.717, 1.165) is 12.1 Å². The molecule has 2 rings (SSSR count). The lowest BCUT2D eigenvalue weighted by Crippen LogP contribution is -2.10. The van der Waals surface area contributed by atoms with Crippen LogP contribution in [-0.4, -0.2) is 8.42 Å². The number of hydrogen-bond acceptors (Lipinski definition) is 2. The van der Waals surface area contributed by atoms with Gasteiger partial charge in [-0.25, -0.2) is 8.42 Å². The van der Waals surface area contributed by atoms with Crippen LogP contribution in [0, 0.1) is 0 Å². The number of benzene rings is 2. The van der Waals surface area contributed by atoms with Crippen molar-refractivity contribution in [3.05, 3.63) is 54.1 Å². The lowest BCUT2D eigenvalue weighted by Gasteiger charge is -2.12. The molecule has 2 aromatic carbocycles. The van der Waals surface area contributed by atoms with E-state index in [0.29, 0.717) is 11.1 Å². The van der Waals surface area contributed by atoms with Gasteiger partial charge in [-0.05, 0) is 23.3 Å². The SMILES string of the molecule is O=S(=O)(Cl)c1cc(-c2ccccc2)ccc1C(F)(F)F. The maximum absolute atomic E-state index is 12.8. The van der Waals surface area contributed by atoms with E-state index >= 15 is 0 Å². The molecule has 0 N–H and O–H groups in total. The highest BCUT2D eigenvalue weighted by molar-refractivity contribution is 8.13. The zero-order valence-electron chi connectivity index (χ0n) is 9.86. The summed E-state index contributed by atoms with van der Waals surface area (Å²) in [6, 6.07) is 11.3. The Bertz CT molecular complexity index is 725. The molecule has 0 aliphatic heterocycles. The fourth-order valence-corrected chi connectivity index (χ4v) is 2.87. The van der Waals surface area contributed by atoms with Gasteiger partial charge >= 0.3 is 6.18 Å². The Balaban J connectivity index is 2.68. The normalized spacial score (nSPS) is 12.4. The summed E-state index contributed by atoms with van der Waals surface area (Å²) in [7, 11) is 0.607. The fraction of sp³-hybridized carbons (Fsp3) is 0.0769. The monoisotopic (exact) mass is 320 g/mol. The fourth-order valence-electron chi connectivity index (χ4n) is 1.77. The molecule has 0 saturated carbocycles. The number of rotatable bonds is 2. The van der Waals surface area contributed by atoms with E-state index in [-0.39, 0.29) is 0 Å². The highest BCUT2D eigenvalue weighted by Crippen LogP contribution is 2.37. The van der Waals surface area contributed by atoms with Crippen LogP contribution < -0.4 is 0 Å². The Morgan fingerprint density at radius 1 is 0.900 bits per heavy atom. The van der Waals surface area contributed by atoms with Gasteiger partial charge in [-0.15, -0.1) is 0 Å². The van der Waals surface area contributed by atoms with Crippen LogP contribution in [-0.2, 0) is 15.2 Å². The zero-order valence-corrected chi connectivity index (χ0v) is 11.4. The first kappa shape index (κ1) is 14.9. The van der Waals surface area contributed by atoms with Crippen LogP contribution in [0.25, 0.3) is 11.1 Å². The summed E-state index contributed by atoms with van der Waals surface area (Å²) in [5, 5.41) is 0. The molecule has 0 aliphatic rings. The lowest BCUT2D eigenvalue weighted by atomic mass is 10.0. The van der Waals surface area contributed by atoms with Crippen molar-refractivity contribution in [2.45, 2.75) is 11.1 Å². The van der Waals surface area contributed by atoms with E-state index in [1.165, 1.54) is 6.07 Å². The predicted molar refractivity (Wildman–Crippen MR) is 69.9 cm³/mol. The summed E-state index contributed by atoms with van der Waals surface area (Å²) < 4.78 is 61.1. The smallest absolute Gasteiger partial charge is 0.207 e. The molecule has 0 spiro atoms. The van der Waals surface area contributed by atoms with E-state index in [1.807, 2.05) is 0 Å². The molecule has 0 unspecified atom stereocenters. The second-order valence-corrected chi connectivity index (χ2v) is 6.55. The molecule has 0 aliphatic carbocycles. The minimum Gasteiger partial charge on any atom is -0.207 e. The third-order valence-corrected chi connectivity index (χ3v) is 4.02. The topological polar surface area (TPSA) is 34.1 Å². The van der Waals surface area contributed by atoms with Crippen LogP contribution in [0.4, 0.5) is 13.2 Å². The Hall–Kier alpha value is -1.53. The van der Waals surface area contributed by atoms with Gasteiger partial charge in [-0.2, -0.15) is 13.2 Å². The van der Waals surface area contributed by atoms with Gasteiger partial charge in [0.25, 0.3) is 9.05 Å². The molecule has 2 aromatic rings. The third-order valence-electron chi connectivity index (χ3n) is 2.66. The van der Waals surface area contributed by atoms with Gasteiger partial charge in [0.05, 0.1) is 10.5 Å². The predicted octanol–water partition coefficient (Wildman–Crippen LogP) is 4.30. The van der Waals surface area contributed by atoms with Crippen molar-refractivity contribution in [3.63, 3.8) is 0 Å². The van der Waals surface area contributed by atoms with Crippen molar-refractivity contribution in [2.75, 3.05) is 0 Å². The third kappa shape index (κ3) is 3.13. The van der Waals surface area contributed by atoms with Gasteiger partial charge in [-0.3, -0.25) is 0 Å². The first-order valence-electron chi connectivity index (χ1n) is 5.41. The molecular weight excluding hydrogens is 313 g/mol. The molecule has 106 valence electrons. The van der Waals surface area contributed by atoms with Crippen molar-refractivity contribution in [2.24, 2.45) is 0 Å². The molecule has 0 heterocycles. The molecule has 0 amide bonds. The summed E-state index contributed by atoms with van der Waals surface area (Å²) in [4.78, 5) is -0.937. The minimum atomic E-state index is -4.79. The van der Waals surface area contributed by atoms with Crippen molar-refractivity contribution < 1.29 is 21.6 Å². The van der Waals surface area contributed by atoms with Crippen LogP contribution in [0.3, 0.4) is 0 Å².